The molecule has 6 nitrogen and oxygen atoms in total. The number of hydrogen-bond donors (Lipinski definition) is 2. The standard InChI is InChI=1S/C20H18N4O2S2/c1-13(17-5-3-11-27-17)21-23-19(25)15-7-9-16(10-8-15)20(26)24-22-14(2)18-6-4-12-28-18/h3-12H,1-2H3,(H,23,25)(H,24,26)/b21-13-,22-14?. The van der Waals surface area contributed by atoms with Crippen LogP contribution in [0.5, 0.6) is 0 Å². The number of carbonyl (C=O) groups is 2. The molecule has 2 heterocycles. The van der Waals surface area contributed by atoms with Crippen molar-refractivity contribution in [3.05, 3.63) is 80.2 Å². The molecule has 2 aromatic heterocycles. The van der Waals surface area contributed by atoms with Crippen LogP contribution >= 0.6 is 22.7 Å². The van der Waals surface area contributed by atoms with Crippen LogP contribution in [0.15, 0.2) is 69.5 Å². The summed E-state index contributed by atoms with van der Waals surface area (Å²) < 4.78 is 0. The van der Waals surface area contributed by atoms with Gasteiger partial charge in [0.05, 0.1) is 11.4 Å². The molecule has 3 rings (SSSR count). The molecule has 1 aromatic carbocycles. The Bertz CT molecular complexity index is 922. The number of rotatable bonds is 6. The van der Waals surface area contributed by atoms with Gasteiger partial charge in [-0.15, -0.1) is 22.7 Å². The number of nitrogens with one attached hydrogen (secondary N) is 2. The first-order valence-electron chi connectivity index (χ1n) is 8.41. The average Bonchev–Trinajstić information content (AvgIpc) is 3.44. The Morgan fingerprint density at radius 3 is 1.43 bits per heavy atom. The van der Waals surface area contributed by atoms with Gasteiger partial charge in [0.1, 0.15) is 0 Å². The summed E-state index contributed by atoms with van der Waals surface area (Å²) in [4.78, 5) is 26.4. The minimum absolute atomic E-state index is 0.338. The molecule has 0 atom stereocenters. The third-order valence-corrected chi connectivity index (χ3v) is 5.77. The molecule has 8 heteroatoms. The SMILES string of the molecule is CC(=NNC(=O)c1ccc(C(=O)N/N=C(/C)c2cccs2)cc1)c1cccs1. The van der Waals surface area contributed by atoms with Gasteiger partial charge in [0.2, 0.25) is 0 Å². The first-order valence-corrected chi connectivity index (χ1v) is 10.2. The molecule has 0 saturated carbocycles. The highest BCUT2D eigenvalue weighted by atomic mass is 32.1. The summed E-state index contributed by atoms with van der Waals surface area (Å²) in [6.07, 6.45) is 0. The van der Waals surface area contributed by atoms with Gasteiger partial charge in [-0.3, -0.25) is 9.59 Å². The smallest absolute Gasteiger partial charge is 0.267 e. The van der Waals surface area contributed by atoms with E-state index in [4.69, 9.17) is 0 Å². The lowest BCUT2D eigenvalue weighted by atomic mass is 10.1. The zero-order chi connectivity index (χ0) is 19.9. The van der Waals surface area contributed by atoms with Crippen LogP contribution in [0.1, 0.15) is 44.3 Å². The molecule has 3 aromatic rings. The fraction of sp³-hybridized carbons (Fsp3) is 0.100. The second kappa shape index (κ2) is 9.20. The Labute approximate surface area is 170 Å². The predicted molar refractivity (Wildman–Crippen MR) is 114 cm³/mol. The molecule has 0 aliphatic heterocycles. The number of carbonyl (C=O) groups excluding carboxylic acids is 2. The zero-order valence-electron chi connectivity index (χ0n) is 15.3. The summed E-state index contributed by atoms with van der Waals surface area (Å²) in [6, 6.07) is 14.0. The van der Waals surface area contributed by atoms with Gasteiger partial charge in [-0.2, -0.15) is 10.2 Å². The van der Waals surface area contributed by atoms with Crippen LogP contribution in [0.3, 0.4) is 0 Å². The van der Waals surface area contributed by atoms with Crippen molar-refractivity contribution in [2.75, 3.05) is 0 Å². The molecule has 0 fully saturated rings. The largest absolute Gasteiger partial charge is 0.271 e. The molecule has 142 valence electrons. The highest BCUT2D eigenvalue weighted by molar-refractivity contribution is 7.12. The van der Waals surface area contributed by atoms with Crippen molar-refractivity contribution in [2.24, 2.45) is 10.2 Å². The summed E-state index contributed by atoms with van der Waals surface area (Å²) in [7, 11) is 0. The van der Waals surface area contributed by atoms with Crippen LogP contribution in [0, 0.1) is 0 Å². The number of hydrazone groups is 2. The minimum atomic E-state index is -0.338. The van der Waals surface area contributed by atoms with Crippen LogP contribution in [0.2, 0.25) is 0 Å². The molecule has 0 aliphatic rings. The van der Waals surface area contributed by atoms with Crippen LogP contribution in [0.4, 0.5) is 0 Å². The highest BCUT2D eigenvalue weighted by Crippen LogP contribution is 2.11. The second-order valence-electron chi connectivity index (χ2n) is 5.81. The fourth-order valence-electron chi connectivity index (χ4n) is 2.25. The van der Waals surface area contributed by atoms with E-state index in [0.717, 1.165) is 21.2 Å². The molecule has 0 unspecified atom stereocenters. The summed E-state index contributed by atoms with van der Waals surface area (Å²) >= 11 is 3.11. The number of hydrogen-bond acceptors (Lipinski definition) is 6. The third kappa shape index (κ3) is 4.99. The van der Waals surface area contributed by atoms with Crippen molar-refractivity contribution >= 4 is 45.9 Å². The van der Waals surface area contributed by atoms with E-state index in [-0.39, 0.29) is 11.8 Å². The van der Waals surface area contributed by atoms with Crippen molar-refractivity contribution < 1.29 is 9.59 Å². The number of thiophene rings is 2. The average molecular weight is 411 g/mol. The second-order valence-corrected chi connectivity index (χ2v) is 7.70. The number of benzene rings is 1. The van der Waals surface area contributed by atoms with Crippen LogP contribution in [-0.2, 0) is 0 Å². The number of amides is 2. The van der Waals surface area contributed by atoms with E-state index in [1.54, 1.807) is 46.9 Å². The van der Waals surface area contributed by atoms with Crippen LogP contribution in [0.25, 0.3) is 0 Å². The van der Waals surface area contributed by atoms with Gasteiger partial charge in [-0.1, -0.05) is 12.1 Å². The minimum Gasteiger partial charge on any atom is -0.267 e. The molecule has 2 N–H and O–H groups in total. The van der Waals surface area contributed by atoms with E-state index >= 15 is 0 Å². The van der Waals surface area contributed by atoms with E-state index < -0.39 is 0 Å². The summed E-state index contributed by atoms with van der Waals surface area (Å²) in [5.41, 5.74) is 7.35. The molecule has 2 amide bonds. The Balaban J connectivity index is 1.59. The predicted octanol–water partition coefficient (Wildman–Crippen LogP) is 4.12. The van der Waals surface area contributed by atoms with E-state index in [9.17, 15) is 9.59 Å². The van der Waals surface area contributed by atoms with Gasteiger partial charge >= 0.3 is 0 Å². The van der Waals surface area contributed by atoms with Gasteiger partial charge in [0, 0.05) is 20.9 Å². The molecule has 0 bridgehead atoms. The normalized spacial score (nSPS) is 11.9. The van der Waals surface area contributed by atoms with Gasteiger partial charge in [0.15, 0.2) is 0 Å². The Morgan fingerprint density at radius 1 is 0.714 bits per heavy atom. The fourth-order valence-corrected chi connectivity index (χ4v) is 3.60. The maximum Gasteiger partial charge on any atom is 0.271 e. The van der Waals surface area contributed by atoms with Crippen LogP contribution < -0.4 is 10.9 Å². The van der Waals surface area contributed by atoms with Crippen molar-refractivity contribution in [2.45, 2.75) is 13.8 Å². The molecular formula is C20H18N4O2S2. The first-order chi connectivity index (χ1) is 13.5. The van der Waals surface area contributed by atoms with E-state index in [2.05, 4.69) is 21.1 Å². The van der Waals surface area contributed by atoms with Gasteiger partial charge in [-0.25, -0.2) is 10.9 Å². The van der Waals surface area contributed by atoms with Crippen molar-refractivity contribution in [3.8, 4) is 0 Å². The molecular weight excluding hydrogens is 392 g/mol. The van der Waals surface area contributed by atoms with Crippen molar-refractivity contribution in [1.82, 2.24) is 10.9 Å². The summed E-state index contributed by atoms with van der Waals surface area (Å²) in [6.45, 7) is 3.66. The molecule has 0 spiro atoms. The first kappa shape index (κ1) is 19.7. The van der Waals surface area contributed by atoms with E-state index in [1.165, 1.54) is 0 Å². The Morgan fingerprint density at radius 2 is 1.11 bits per heavy atom. The lowest BCUT2D eigenvalue weighted by Crippen LogP contribution is -2.21. The quantitative estimate of drug-likeness (QED) is 0.473. The monoisotopic (exact) mass is 410 g/mol. The van der Waals surface area contributed by atoms with Crippen molar-refractivity contribution in [3.63, 3.8) is 0 Å². The number of nitrogens with zero attached hydrogens (tertiary/aromatic N) is 2. The Hall–Kier alpha value is -3.10. The topological polar surface area (TPSA) is 82.9 Å². The Kier molecular flexibility index (Phi) is 6.46. The maximum atomic E-state index is 12.2. The molecule has 0 radical (unpaired) electrons. The third-order valence-electron chi connectivity index (χ3n) is 3.82. The van der Waals surface area contributed by atoms with E-state index in [1.807, 2.05) is 48.9 Å². The summed E-state index contributed by atoms with van der Waals surface area (Å²) in [5.74, 6) is -0.677. The van der Waals surface area contributed by atoms with Gasteiger partial charge in [-0.05, 0) is 61.0 Å². The van der Waals surface area contributed by atoms with E-state index in [0.29, 0.717) is 11.1 Å². The summed E-state index contributed by atoms with van der Waals surface area (Å²) in [5, 5.41) is 12.1. The molecule has 0 saturated heterocycles. The lowest BCUT2D eigenvalue weighted by molar-refractivity contribution is 0.0943. The molecule has 0 aliphatic carbocycles. The lowest BCUT2D eigenvalue weighted by Gasteiger charge is -2.04. The zero-order valence-corrected chi connectivity index (χ0v) is 16.9. The van der Waals surface area contributed by atoms with Gasteiger partial charge < -0.3 is 0 Å². The van der Waals surface area contributed by atoms with Crippen molar-refractivity contribution in [1.29, 1.82) is 0 Å². The van der Waals surface area contributed by atoms with Gasteiger partial charge in [0.25, 0.3) is 11.8 Å². The highest BCUT2D eigenvalue weighted by Gasteiger charge is 2.09. The maximum absolute atomic E-state index is 12.2. The molecule has 28 heavy (non-hydrogen) atoms. The van der Waals surface area contributed by atoms with Crippen LogP contribution in [-0.4, -0.2) is 23.2 Å².